The number of amides is 2. The van der Waals surface area contributed by atoms with E-state index in [0.29, 0.717) is 12.3 Å². The molecule has 0 saturated carbocycles. The summed E-state index contributed by atoms with van der Waals surface area (Å²) in [5.74, 6) is 0. The van der Waals surface area contributed by atoms with Crippen LogP contribution >= 0.6 is 0 Å². The summed E-state index contributed by atoms with van der Waals surface area (Å²) in [5.41, 5.74) is 1.65. The maximum atomic E-state index is 12.0. The number of pyridine rings is 1. The molecule has 1 heterocycles. The molecule has 0 aliphatic rings. The van der Waals surface area contributed by atoms with E-state index < -0.39 is 6.10 Å². The molecule has 0 fully saturated rings. The Morgan fingerprint density at radius 1 is 1.30 bits per heavy atom. The summed E-state index contributed by atoms with van der Waals surface area (Å²) in [6.07, 6.45) is 2.45. The zero-order valence-corrected chi connectivity index (χ0v) is 13.1. The maximum absolute atomic E-state index is 12.0. The average Bonchev–Trinajstić information content (AvgIpc) is 2.56. The average molecular weight is 315 g/mol. The Labute approximate surface area is 135 Å². The number of rotatable bonds is 7. The number of likely N-dealkylation sites (N-methyl/N-ethyl adjacent to an activating group) is 1. The molecule has 6 nitrogen and oxygen atoms in total. The van der Waals surface area contributed by atoms with Crippen molar-refractivity contribution in [3.63, 3.8) is 0 Å². The molecule has 0 spiro atoms. The van der Waals surface area contributed by atoms with Gasteiger partial charge in [-0.25, -0.2) is 4.79 Å². The quantitative estimate of drug-likeness (QED) is 0.821. The van der Waals surface area contributed by atoms with Crippen LogP contribution in [-0.2, 0) is 11.3 Å². The van der Waals surface area contributed by atoms with Crippen LogP contribution in [0.1, 0.15) is 5.56 Å². The van der Waals surface area contributed by atoms with Crippen molar-refractivity contribution in [3.05, 3.63) is 60.4 Å². The number of urea groups is 1. The van der Waals surface area contributed by atoms with E-state index in [2.05, 4.69) is 10.3 Å². The topological polar surface area (TPSA) is 74.7 Å². The zero-order chi connectivity index (χ0) is 16.5. The fourth-order valence-electron chi connectivity index (χ4n) is 1.99. The molecule has 0 aliphatic carbocycles. The number of carbonyl (C=O) groups excluding carboxylic acids is 1. The number of nitrogens with one attached hydrogen (secondary N) is 1. The highest BCUT2D eigenvalue weighted by Gasteiger charge is 2.14. The zero-order valence-electron chi connectivity index (χ0n) is 13.1. The van der Waals surface area contributed by atoms with Crippen molar-refractivity contribution < 1.29 is 14.6 Å². The first-order valence-electron chi connectivity index (χ1n) is 7.37. The molecule has 0 radical (unpaired) electrons. The molecule has 0 unspecified atom stereocenters. The molecule has 1 atom stereocenters. The number of hydrogen-bond donors (Lipinski definition) is 2. The Balaban J connectivity index is 1.69. The highest BCUT2D eigenvalue weighted by Crippen LogP contribution is 2.05. The van der Waals surface area contributed by atoms with Gasteiger partial charge in [-0.15, -0.1) is 0 Å². The van der Waals surface area contributed by atoms with Gasteiger partial charge in [0.15, 0.2) is 0 Å². The predicted octanol–water partition coefficient (Wildman–Crippen LogP) is 2.12. The lowest BCUT2D eigenvalue weighted by atomic mass is 10.2. The number of anilines is 1. The minimum absolute atomic E-state index is 0.166. The normalized spacial score (nSPS) is 11.7. The second kappa shape index (κ2) is 8.87. The summed E-state index contributed by atoms with van der Waals surface area (Å²) in [6, 6.07) is 12.9. The van der Waals surface area contributed by atoms with E-state index in [0.717, 1.165) is 5.56 Å². The first-order chi connectivity index (χ1) is 11.1. The van der Waals surface area contributed by atoms with Gasteiger partial charge in [-0.1, -0.05) is 30.3 Å². The van der Waals surface area contributed by atoms with Crippen LogP contribution in [0.2, 0.25) is 0 Å². The van der Waals surface area contributed by atoms with Crippen LogP contribution in [0.15, 0.2) is 54.9 Å². The van der Waals surface area contributed by atoms with E-state index in [1.165, 1.54) is 4.90 Å². The maximum Gasteiger partial charge on any atom is 0.321 e. The van der Waals surface area contributed by atoms with Crippen LogP contribution in [0.4, 0.5) is 10.5 Å². The SMILES string of the molecule is CN(C[C@H](O)COCc1ccccc1)C(=O)Nc1cccnc1. The first-order valence-corrected chi connectivity index (χ1v) is 7.37. The second-order valence-corrected chi connectivity index (χ2v) is 5.21. The molecule has 1 aromatic carbocycles. The number of aliphatic hydroxyl groups is 1. The lowest BCUT2D eigenvalue weighted by molar-refractivity contribution is 0.0188. The van der Waals surface area contributed by atoms with Gasteiger partial charge in [0.1, 0.15) is 0 Å². The fourth-order valence-corrected chi connectivity index (χ4v) is 1.99. The lowest BCUT2D eigenvalue weighted by Crippen LogP contribution is -2.38. The lowest BCUT2D eigenvalue weighted by Gasteiger charge is -2.21. The molecule has 122 valence electrons. The van der Waals surface area contributed by atoms with Gasteiger partial charge in [-0.3, -0.25) is 4.98 Å². The van der Waals surface area contributed by atoms with Gasteiger partial charge >= 0.3 is 6.03 Å². The number of hydrogen-bond acceptors (Lipinski definition) is 4. The van der Waals surface area contributed by atoms with Crippen LogP contribution in [0.5, 0.6) is 0 Å². The van der Waals surface area contributed by atoms with Gasteiger partial charge in [0, 0.05) is 13.2 Å². The van der Waals surface area contributed by atoms with Crippen LogP contribution < -0.4 is 5.32 Å². The van der Waals surface area contributed by atoms with Crippen LogP contribution in [-0.4, -0.2) is 47.3 Å². The number of aliphatic hydroxyl groups excluding tert-OH is 1. The minimum Gasteiger partial charge on any atom is -0.389 e. The fraction of sp³-hybridized carbons (Fsp3) is 0.294. The molecule has 0 bridgehead atoms. The van der Waals surface area contributed by atoms with E-state index in [1.54, 1.807) is 31.6 Å². The monoisotopic (exact) mass is 315 g/mol. The Kier molecular flexibility index (Phi) is 6.53. The van der Waals surface area contributed by atoms with Crippen molar-refractivity contribution in [3.8, 4) is 0 Å². The molecule has 0 saturated heterocycles. The predicted molar refractivity (Wildman–Crippen MR) is 88.0 cm³/mol. The summed E-state index contributed by atoms with van der Waals surface area (Å²) < 4.78 is 5.46. The Morgan fingerprint density at radius 2 is 2.09 bits per heavy atom. The third-order valence-corrected chi connectivity index (χ3v) is 3.17. The Morgan fingerprint density at radius 3 is 2.78 bits per heavy atom. The van der Waals surface area contributed by atoms with E-state index in [-0.39, 0.29) is 19.2 Å². The molecule has 23 heavy (non-hydrogen) atoms. The number of benzene rings is 1. The van der Waals surface area contributed by atoms with Gasteiger partial charge in [-0.2, -0.15) is 0 Å². The first kappa shape index (κ1) is 16.9. The minimum atomic E-state index is -0.747. The standard InChI is InChI=1S/C17H21N3O3/c1-20(17(22)19-15-8-5-9-18-10-15)11-16(21)13-23-12-14-6-3-2-4-7-14/h2-10,16,21H,11-13H2,1H3,(H,19,22)/t16-/m0/s1. The molecule has 2 N–H and O–H groups in total. The number of aromatic nitrogens is 1. The van der Waals surface area contributed by atoms with Gasteiger partial charge in [0.2, 0.25) is 0 Å². The Hall–Kier alpha value is -2.44. The van der Waals surface area contributed by atoms with Crippen molar-refractivity contribution in [1.82, 2.24) is 9.88 Å². The second-order valence-electron chi connectivity index (χ2n) is 5.21. The van der Waals surface area contributed by atoms with Crippen LogP contribution in [0.25, 0.3) is 0 Å². The summed E-state index contributed by atoms with van der Waals surface area (Å²) in [5, 5.41) is 12.7. The van der Waals surface area contributed by atoms with Crippen molar-refractivity contribution in [2.24, 2.45) is 0 Å². The highest BCUT2D eigenvalue weighted by molar-refractivity contribution is 5.88. The molecule has 1 aromatic heterocycles. The molecule has 2 amide bonds. The summed E-state index contributed by atoms with van der Waals surface area (Å²) in [6.45, 7) is 0.782. The van der Waals surface area contributed by atoms with Crippen molar-refractivity contribution >= 4 is 11.7 Å². The van der Waals surface area contributed by atoms with Gasteiger partial charge in [-0.05, 0) is 17.7 Å². The summed E-state index contributed by atoms with van der Waals surface area (Å²) >= 11 is 0. The molecule has 2 rings (SSSR count). The van der Waals surface area contributed by atoms with Gasteiger partial charge in [0.05, 0.1) is 37.7 Å². The molecular formula is C17H21N3O3. The van der Waals surface area contributed by atoms with E-state index >= 15 is 0 Å². The largest absolute Gasteiger partial charge is 0.389 e. The molecular weight excluding hydrogens is 294 g/mol. The summed E-state index contributed by atoms with van der Waals surface area (Å²) in [4.78, 5) is 17.3. The van der Waals surface area contributed by atoms with E-state index in [4.69, 9.17) is 4.74 Å². The third-order valence-electron chi connectivity index (χ3n) is 3.17. The van der Waals surface area contributed by atoms with Crippen LogP contribution in [0, 0.1) is 0 Å². The molecule has 0 aliphatic heterocycles. The van der Waals surface area contributed by atoms with Crippen molar-refractivity contribution in [2.45, 2.75) is 12.7 Å². The Bertz CT molecular complexity index is 593. The highest BCUT2D eigenvalue weighted by atomic mass is 16.5. The molecule has 6 heteroatoms. The number of carbonyl (C=O) groups is 1. The smallest absolute Gasteiger partial charge is 0.321 e. The third kappa shape index (κ3) is 6.06. The summed E-state index contributed by atoms with van der Waals surface area (Å²) in [7, 11) is 1.62. The van der Waals surface area contributed by atoms with E-state index in [1.807, 2.05) is 30.3 Å². The van der Waals surface area contributed by atoms with E-state index in [9.17, 15) is 9.90 Å². The van der Waals surface area contributed by atoms with Crippen molar-refractivity contribution in [1.29, 1.82) is 0 Å². The van der Waals surface area contributed by atoms with Gasteiger partial charge in [0.25, 0.3) is 0 Å². The molecule has 2 aromatic rings. The van der Waals surface area contributed by atoms with Crippen molar-refractivity contribution in [2.75, 3.05) is 25.5 Å². The van der Waals surface area contributed by atoms with Gasteiger partial charge < -0.3 is 20.1 Å². The number of ether oxygens (including phenoxy) is 1. The number of nitrogens with zero attached hydrogens (tertiary/aromatic N) is 2. The van der Waals surface area contributed by atoms with Crippen LogP contribution in [0.3, 0.4) is 0 Å².